The molecule has 5 aromatic rings. The first-order valence-electron chi connectivity index (χ1n) is 9.82. The molecular formula is C24H19N5OS. The van der Waals surface area contributed by atoms with Crippen LogP contribution < -0.4 is 5.73 Å². The Bertz CT molecular complexity index is 1420. The van der Waals surface area contributed by atoms with Gasteiger partial charge in [-0.25, -0.2) is 4.68 Å². The smallest absolute Gasteiger partial charge is 0.290 e. The van der Waals surface area contributed by atoms with E-state index in [2.05, 4.69) is 15.3 Å². The molecular weight excluding hydrogens is 406 g/mol. The van der Waals surface area contributed by atoms with E-state index in [0.717, 1.165) is 39.2 Å². The van der Waals surface area contributed by atoms with E-state index in [-0.39, 0.29) is 5.91 Å². The molecule has 0 atom stereocenters. The fraction of sp³-hybridized carbons (Fsp3) is 0.0833. The molecule has 0 amide bonds. The Kier molecular flexibility index (Phi) is 4.60. The minimum atomic E-state index is -0.258. The van der Waals surface area contributed by atoms with Crippen molar-refractivity contribution in [2.75, 3.05) is 5.73 Å². The number of benzene rings is 2. The predicted octanol–water partition coefficient (Wildman–Crippen LogP) is 5.11. The van der Waals surface area contributed by atoms with Crippen LogP contribution in [0, 0.1) is 13.8 Å². The Morgan fingerprint density at radius 3 is 2.19 bits per heavy atom. The van der Waals surface area contributed by atoms with E-state index < -0.39 is 0 Å². The summed E-state index contributed by atoms with van der Waals surface area (Å²) < 4.78 is 1.39. The molecule has 0 aliphatic carbocycles. The van der Waals surface area contributed by atoms with Gasteiger partial charge < -0.3 is 5.73 Å². The minimum Gasteiger partial charge on any atom is -0.397 e. The van der Waals surface area contributed by atoms with Crippen LogP contribution in [-0.2, 0) is 0 Å². The fourth-order valence-corrected chi connectivity index (χ4v) is 4.76. The molecule has 0 fully saturated rings. The lowest BCUT2D eigenvalue weighted by atomic mass is 9.96. The number of fused-ring (bicyclic) bond motifs is 1. The topological polar surface area (TPSA) is 86.7 Å². The lowest BCUT2D eigenvalue weighted by Gasteiger charge is -2.11. The van der Waals surface area contributed by atoms with Crippen molar-refractivity contribution < 1.29 is 4.79 Å². The zero-order chi connectivity index (χ0) is 21.5. The van der Waals surface area contributed by atoms with Gasteiger partial charge in [-0.05, 0) is 25.5 Å². The monoisotopic (exact) mass is 425 g/mol. The summed E-state index contributed by atoms with van der Waals surface area (Å²) >= 11 is 1.25. The van der Waals surface area contributed by atoms with Crippen LogP contribution in [-0.4, -0.2) is 25.9 Å². The second-order valence-corrected chi connectivity index (χ2v) is 8.32. The number of nitrogens with zero attached hydrogens (tertiary/aromatic N) is 4. The van der Waals surface area contributed by atoms with Gasteiger partial charge in [0.2, 0.25) is 0 Å². The van der Waals surface area contributed by atoms with E-state index in [1.807, 2.05) is 80.6 Å². The van der Waals surface area contributed by atoms with E-state index in [4.69, 9.17) is 5.73 Å². The van der Waals surface area contributed by atoms with Crippen molar-refractivity contribution in [1.82, 2.24) is 20.0 Å². The van der Waals surface area contributed by atoms with Crippen LogP contribution in [0.25, 0.3) is 32.6 Å². The standard InChI is InChI=1S/C24H19N5OS/c1-14-13-15(2)29(28-14)24(30)22-20(25)19-18(16-9-5-3-6-10-16)21(26-27-23(19)31-22)17-11-7-4-8-12-17/h3-13H,25H2,1-2H3. The Morgan fingerprint density at radius 1 is 0.935 bits per heavy atom. The molecule has 0 saturated heterocycles. The molecule has 0 radical (unpaired) electrons. The number of thiophene rings is 1. The van der Waals surface area contributed by atoms with E-state index in [1.54, 1.807) is 0 Å². The minimum absolute atomic E-state index is 0.258. The molecule has 0 aliphatic rings. The third-order valence-corrected chi connectivity index (χ3v) is 6.24. The number of aryl methyl sites for hydroxylation is 2. The Hall–Kier alpha value is -3.84. The van der Waals surface area contributed by atoms with Crippen LogP contribution in [0.4, 0.5) is 5.69 Å². The average Bonchev–Trinajstić information content (AvgIpc) is 3.32. The van der Waals surface area contributed by atoms with Gasteiger partial charge in [-0.3, -0.25) is 4.79 Å². The number of nitrogen functional groups attached to an aromatic ring is 1. The van der Waals surface area contributed by atoms with Crippen LogP contribution in [0.15, 0.2) is 66.7 Å². The van der Waals surface area contributed by atoms with Crippen LogP contribution >= 0.6 is 11.3 Å². The molecule has 2 N–H and O–H groups in total. The summed E-state index contributed by atoms with van der Waals surface area (Å²) in [5.41, 5.74) is 12.1. The van der Waals surface area contributed by atoms with Crippen LogP contribution in [0.1, 0.15) is 21.1 Å². The number of rotatable bonds is 3. The first-order chi connectivity index (χ1) is 15.0. The van der Waals surface area contributed by atoms with E-state index in [1.165, 1.54) is 16.0 Å². The number of anilines is 1. The highest BCUT2D eigenvalue weighted by molar-refractivity contribution is 7.21. The largest absolute Gasteiger partial charge is 0.397 e. The highest BCUT2D eigenvalue weighted by Gasteiger charge is 2.25. The molecule has 6 nitrogen and oxygen atoms in total. The van der Waals surface area contributed by atoms with Gasteiger partial charge >= 0.3 is 0 Å². The molecule has 3 heterocycles. The summed E-state index contributed by atoms with van der Waals surface area (Å²) in [7, 11) is 0. The Labute approximate surface area is 183 Å². The van der Waals surface area contributed by atoms with E-state index >= 15 is 0 Å². The van der Waals surface area contributed by atoms with Crippen molar-refractivity contribution in [3.63, 3.8) is 0 Å². The van der Waals surface area contributed by atoms with Crippen molar-refractivity contribution in [3.05, 3.63) is 83.0 Å². The maximum Gasteiger partial charge on any atom is 0.290 e. The van der Waals surface area contributed by atoms with Crippen LogP contribution in [0.3, 0.4) is 0 Å². The lowest BCUT2D eigenvalue weighted by molar-refractivity contribution is 0.0947. The summed E-state index contributed by atoms with van der Waals surface area (Å²) in [5.74, 6) is -0.258. The number of nitrogens with two attached hydrogens (primary N) is 1. The van der Waals surface area contributed by atoms with Crippen LogP contribution in [0.2, 0.25) is 0 Å². The van der Waals surface area contributed by atoms with Crippen molar-refractivity contribution in [1.29, 1.82) is 0 Å². The molecule has 0 unspecified atom stereocenters. The summed E-state index contributed by atoms with van der Waals surface area (Å²) in [6.07, 6.45) is 0. The molecule has 7 heteroatoms. The fourth-order valence-electron chi connectivity index (χ4n) is 3.78. The van der Waals surface area contributed by atoms with Crippen molar-refractivity contribution in [3.8, 4) is 22.4 Å². The maximum atomic E-state index is 13.3. The van der Waals surface area contributed by atoms with Gasteiger partial charge in [-0.1, -0.05) is 60.7 Å². The molecule has 0 saturated carbocycles. The normalized spacial score (nSPS) is 11.2. The summed E-state index contributed by atoms with van der Waals surface area (Å²) in [6.45, 7) is 3.71. The van der Waals surface area contributed by atoms with Crippen LogP contribution in [0.5, 0.6) is 0 Å². The van der Waals surface area contributed by atoms with Gasteiger partial charge in [0.15, 0.2) is 0 Å². The highest BCUT2D eigenvalue weighted by atomic mass is 32.1. The van der Waals surface area contributed by atoms with Crippen molar-refractivity contribution >= 4 is 33.1 Å². The first-order valence-corrected chi connectivity index (χ1v) is 10.6. The SMILES string of the molecule is Cc1cc(C)n(C(=O)c2sc3nnc(-c4ccccc4)c(-c4ccccc4)c3c2N)n1. The van der Waals surface area contributed by atoms with E-state index in [9.17, 15) is 4.79 Å². The zero-order valence-corrected chi connectivity index (χ0v) is 17.9. The molecule has 3 aromatic heterocycles. The molecule has 0 bridgehead atoms. The van der Waals surface area contributed by atoms with Gasteiger partial charge in [-0.15, -0.1) is 21.5 Å². The number of aromatic nitrogens is 4. The van der Waals surface area contributed by atoms with Gasteiger partial charge in [0.25, 0.3) is 5.91 Å². The molecule has 31 heavy (non-hydrogen) atoms. The molecule has 5 rings (SSSR count). The Balaban J connectivity index is 1.80. The van der Waals surface area contributed by atoms with Gasteiger partial charge in [0.05, 0.1) is 11.4 Å². The maximum absolute atomic E-state index is 13.3. The molecule has 0 aliphatic heterocycles. The molecule has 152 valence electrons. The average molecular weight is 426 g/mol. The van der Waals surface area contributed by atoms with Gasteiger partial charge in [-0.2, -0.15) is 5.10 Å². The Morgan fingerprint density at radius 2 is 1.58 bits per heavy atom. The first kappa shape index (κ1) is 19.1. The quantitative estimate of drug-likeness (QED) is 0.434. The molecule has 0 spiro atoms. The summed E-state index contributed by atoms with van der Waals surface area (Å²) in [4.78, 5) is 14.3. The molecule has 2 aromatic carbocycles. The number of carbonyl (C=O) groups is 1. The van der Waals surface area contributed by atoms with Gasteiger partial charge in [0.1, 0.15) is 15.4 Å². The highest BCUT2D eigenvalue weighted by Crippen LogP contribution is 2.43. The summed E-state index contributed by atoms with van der Waals surface area (Å²) in [6, 6.07) is 21.7. The number of hydrogen-bond acceptors (Lipinski definition) is 6. The third-order valence-electron chi connectivity index (χ3n) is 5.16. The van der Waals surface area contributed by atoms with Crippen molar-refractivity contribution in [2.24, 2.45) is 0 Å². The van der Waals surface area contributed by atoms with Crippen molar-refractivity contribution in [2.45, 2.75) is 13.8 Å². The lowest BCUT2D eigenvalue weighted by Crippen LogP contribution is -2.15. The van der Waals surface area contributed by atoms with Gasteiger partial charge in [0, 0.05) is 22.2 Å². The second kappa shape index (κ2) is 7.45. The summed E-state index contributed by atoms with van der Waals surface area (Å²) in [5, 5.41) is 14.0. The predicted molar refractivity (Wildman–Crippen MR) is 124 cm³/mol. The van der Waals surface area contributed by atoms with E-state index in [0.29, 0.717) is 15.4 Å². The number of hydrogen-bond donors (Lipinski definition) is 1. The third kappa shape index (κ3) is 3.19. The number of carbonyl (C=O) groups excluding carboxylic acids is 1. The second-order valence-electron chi connectivity index (χ2n) is 7.32. The zero-order valence-electron chi connectivity index (χ0n) is 17.0.